The van der Waals surface area contributed by atoms with Crippen LogP contribution < -0.4 is 5.73 Å². The van der Waals surface area contributed by atoms with Crippen LogP contribution in [0.5, 0.6) is 0 Å². The number of fused-ring (bicyclic) bond motifs is 1. The second-order valence-electron chi connectivity index (χ2n) is 2.37. The van der Waals surface area contributed by atoms with E-state index in [9.17, 15) is 0 Å². The van der Waals surface area contributed by atoms with Crippen LogP contribution >= 0.6 is 15.9 Å². The third-order valence-electron chi connectivity index (χ3n) is 1.57. The molecule has 0 radical (unpaired) electrons. The van der Waals surface area contributed by atoms with Crippen molar-refractivity contribution in [3.05, 3.63) is 16.5 Å². The van der Waals surface area contributed by atoms with E-state index < -0.39 is 0 Å². The molecule has 0 aliphatic rings. The van der Waals surface area contributed by atoms with Crippen LogP contribution in [0, 0.1) is 6.92 Å². The van der Waals surface area contributed by atoms with Crippen LogP contribution in [-0.2, 0) is 0 Å². The van der Waals surface area contributed by atoms with Crippen LogP contribution in [0.2, 0.25) is 0 Å². The molecule has 0 spiro atoms. The molecule has 5 nitrogen and oxygen atoms in total. The molecule has 0 fully saturated rings. The predicted octanol–water partition coefficient (Wildman–Crippen LogP) is 0.777. The first kappa shape index (κ1) is 7.48. The lowest BCUT2D eigenvalue weighted by molar-refractivity contribution is 0.935. The fourth-order valence-electron chi connectivity index (χ4n) is 0.959. The molecule has 0 saturated heterocycles. The van der Waals surface area contributed by atoms with Gasteiger partial charge in [-0.2, -0.15) is 14.6 Å². The van der Waals surface area contributed by atoms with Crippen LogP contribution in [0.15, 0.2) is 10.8 Å². The molecule has 2 aromatic heterocycles. The van der Waals surface area contributed by atoms with Gasteiger partial charge in [-0.25, -0.2) is 4.98 Å². The number of aryl methyl sites for hydroxylation is 1. The molecule has 0 aromatic carbocycles. The molecule has 0 unspecified atom stereocenters. The number of anilines is 1. The zero-order valence-corrected chi connectivity index (χ0v) is 7.91. The molecule has 6 heteroatoms. The summed E-state index contributed by atoms with van der Waals surface area (Å²) in [5, 5.41) is 3.91. The maximum Gasteiger partial charge on any atom is 0.254 e. The fraction of sp³-hybridized carbons (Fsp3) is 0.167. The zero-order chi connectivity index (χ0) is 8.72. The Morgan fingerprint density at radius 3 is 3.08 bits per heavy atom. The van der Waals surface area contributed by atoms with Crippen LogP contribution in [0.25, 0.3) is 5.78 Å². The molecule has 2 rings (SSSR count). The van der Waals surface area contributed by atoms with E-state index in [-0.39, 0.29) is 0 Å². The topological polar surface area (TPSA) is 69.1 Å². The van der Waals surface area contributed by atoms with E-state index in [0.29, 0.717) is 11.6 Å². The SMILES string of the molecule is Cc1nc2ncnn2c(N)c1Br. The van der Waals surface area contributed by atoms with Crippen LogP contribution in [0.4, 0.5) is 5.82 Å². The maximum atomic E-state index is 5.74. The molecular formula is C6H6BrN5. The summed E-state index contributed by atoms with van der Waals surface area (Å²) in [6.07, 6.45) is 1.42. The summed E-state index contributed by atoms with van der Waals surface area (Å²) in [6, 6.07) is 0. The number of aromatic nitrogens is 4. The number of hydrogen-bond donors (Lipinski definition) is 1. The molecule has 2 aromatic rings. The van der Waals surface area contributed by atoms with Gasteiger partial charge >= 0.3 is 0 Å². The van der Waals surface area contributed by atoms with Gasteiger partial charge in [-0.15, -0.1) is 0 Å². The summed E-state index contributed by atoms with van der Waals surface area (Å²) in [5.41, 5.74) is 6.55. The summed E-state index contributed by atoms with van der Waals surface area (Å²) in [4.78, 5) is 8.08. The molecule has 0 amide bonds. The molecule has 0 aliphatic carbocycles. The van der Waals surface area contributed by atoms with Crippen molar-refractivity contribution >= 4 is 27.5 Å². The lowest BCUT2D eigenvalue weighted by Gasteiger charge is -2.02. The van der Waals surface area contributed by atoms with Gasteiger partial charge in [0.25, 0.3) is 5.78 Å². The first-order valence-electron chi connectivity index (χ1n) is 3.31. The third kappa shape index (κ3) is 0.878. The molecular weight excluding hydrogens is 222 g/mol. The van der Waals surface area contributed by atoms with E-state index in [0.717, 1.165) is 10.2 Å². The summed E-state index contributed by atoms with van der Waals surface area (Å²) < 4.78 is 2.25. The lowest BCUT2D eigenvalue weighted by atomic mass is 10.4. The molecule has 0 atom stereocenters. The Labute approximate surface area is 76.7 Å². The second kappa shape index (κ2) is 2.41. The van der Waals surface area contributed by atoms with Crippen LogP contribution in [0.3, 0.4) is 0 Å². The van der Waals surface area contributed by atoms with Crippen molar-refractivity contribution < 1.29 is 0 Å². The Morgan fingerprint density at radius 2 is 2.33 bits per heavy atom. The van der Waals surface area contributed by atoms with Gasteiger partial charge in [0.1, 0.15) is 12.1 Å². The molecule has 62 valence electrons. The largest absolute Gasteiger partial charge is 0.383 e. The summed E-state index contributed by atoms with van der Waals surface area (Å²) >= 11 is 3.31. The van der Waals surface area contributed by atoms with Crippen molar-refractivity contribution in [2.75, 3.05) is 5.73 Å². The predicted molar refractivity (Wildman–Crippen MR) is 47.6 cm³/mol. The Morgan fingerprint density at radius 1 is 1.58 bits per heavy atom. The molecule has 12 heavy (non-hydrogen) atoms. The highest BCUT2D eigenvalue weighted by atomic mass is 79.9. The van der Waals surface area contributed by atoms with E-state index in [1.165, 1.54) is 10.8 Å². The van der Waals surface area contributed by atoms with E-state index in [1.54, 1.807) is 0 Å². The normalized spacial score (nSPS) is 10.8. The number of rotatable bonds is 0. The zero-order valence-electron chi connectivity index (χ0n) is 6.32. The van der Waals surface area contributed by atoms with Crippen LogP contribution in [0.1, 0.15) is 5.69 Å². The first-order valence-corrected chi connectivity index (χ1v) is 4.11. The third-order valence-corrected chi connectivity index (χ3v) is 2.55. The Bertz CT molecular complexity index is 435. The van der Waals surface area contributed by atoms with Gasteiger partial charge in [0.2, 0.25) is 0 Å². The van der Waals surface area contributed by atoms with Gasteiger partial charge in [-0.3, -0.25) is 0 Å². The fourth-order valence-corrected chi connectivity index (χ4v) is 1.22. The van der Waals surface area contributed by atoms with Crippen molar-refractivity contribution in [3.8, 4) is 0 Å². The molecule has 2 N–H and O–H groups in total. The number of hydrogen-bond acceptors (Lipinski definition) is 4. The van der Waals surface area contributed by atoms with Gasteiger partial charge in [0, 0.05) is 0 Å². The van der Waals surface area contributed by atoms with Crippen molar-refractivity contribution in [3.63, 3.8) is 0 Å². The first-order chi connectivity index (χ1) is 5.70. The minimum atomic E-state index is 0.521. The summed E-state index contributed by atoms with van der Waals surface area (Å²) in [5.74, 6) is 1.04. The van der Waals surface area contributed by atoms with Crippen LogP contribution in [-0.4, -0.2) is 19.6 Å². The highest BCUT2D eigenvalue weighted by Gasteiger charge is 2.07. The highest BCUT2D eigenvalue weighted by molar-refractivity contribution is 9.10. The van der Waals surface area contributed by atoms with Gasteiger partial charge < -0.3 is 5.73 Å². The van der Waals surface area contributed by atoms with Gasteiger partial charge in [0.05, 0.1) is 10.2 Å². The smallest absolute Gasteiger partial charge is 0.254 e. The van der Waals surface area contributed by atoms with E-state index in [4.69, 9.17) is 5.73 Å². The standard InChI is InChI=1S/C6H6BrN5/c1-3-4(7)5(8)12-6(11-3)9-2-10-12/h2H,8H2,1H3. The number of nitrogens with two attached hydrogens (primary N) is 1. The summed E-state index contributed by atoms with van der Waals surface area (Å²) in [6.45, 7) is 1.86. The number of halogens is 1. The van der Waals surface area contributed by atoms with Gasteiger partial charge in [-0.1, -0.05) is 0 Å². The van der Waals surface area contributed by atoms with Gasteiger partial charge in [-0.05, 0) is 22.9 Å². The van der Waals surface area contributed by atoms with Crippen molar-refractivity contribution in [2.24, 2.45) is 0 Å². The molecule has 0 bridgehead atoms. The monoisotopic (exact) mass is 227 g/mol. The number of nitrogens with zero attached hydrogens (tertiary/aromatic N) is 4. The summed E-state index contributed by atoms with van der Waals surface area (Å²) in [7, 11) is 0. The average Bonchev–Trinajstić information content (AvgIpc) is 2.48. The Hall–Kier alpha value is -1.17. The quantitative estimate of drug-likeness (QED) is 0.723. The highest BCUT2D eigenvalue weighted by Crippen LogP contribution is 2.21. The van der Waals surface area contributed by atoms with E-state index in [2.05, 4.69) is 31.0 Å². The minimum absolute atomic E-state index is 0.521. The van der Waals surface area contributed by atoms with E-state index in [1.807, 2.05) is 6.92 Å². The Balaban J connectivity index is 2.94. The second-order valence-corrected chi connectivity index (χ2v) is 3.16. The Kier molecular flexibility index (Phi) is 1.50. The molecule has 0 saturated carbocycles. The molecule has 2 heterocycles. The van der Waals surface area contributed by atoms with Gasteiger partial charge in [0.15, 0.2) is 0 Å². The lowest BCUT2D eigenvalue weighted by Crippen LogP contribution is -2.03. The van der Waals surface area contributed by atoms with Crippen molar-refractivity contribution in [1.82, 2.24) is 19.6 Å². The van der Waals surface area contributed by atoms with Crippen molar-refractivity contribution in [1.29, 1.82) is 0 Å². The maximum absolute atomic E-state index is 5.74. The number of nitrogen functional groups attached to an aromatic ring is 1. The minimum Gasteiger partial charge on any atom is -0.383 e. The molecule has 0 aliphatic heterocycles. The van der Waals surface area contributed by atoms with Crippen molar-refractivity contribution in [2.45, 2.75) is 6.92 Å². The average molecular weight is 228 g/mol. The van der Waals surface area contributed by atoms with E-state index >= 15 is 0 Å².